The molecule has 1 fully saturated rings. The number of nitrogens with zero attached hydrogens (tertiary/aromatic N) is 1. The van der Waals surface area contributed by atoms with Crippen molar-refractivity contribution in [3.63, 3.8) is 0 Å². The summed E-state index contributed by atoms with van der Waals surface area (Å²) in [6.07, 6.45) is 2.39. The highest BCUT2D eigenvalue weighted by molar-refractivity contribution is 5.93. The third kappa shape index (κ3) is 6.27. The van der Waals surface area contributed by atoms with Crippen molar-refractivity contribution < 1.29 is 19.1 Å². The maximum atomic E-state index is 13.9. The van der Waals surface area contributed by atoms with E-state index < -0.39 is 11.8 Å². The second-order valence-corrected chi connectivity index (χ2v) is 6.47. The molecule has 0 aromatic heterocycles. The van der Waals surface area contributed by atoms with Crippen LogP contribution in [-0.2, 0) is 4.79 Å². The fraction of sp³-hybridized carbons (Fsp3) is 0.556. The van der Waals surface area contributed by atoms with Crippen LogP contribution in [0.15, 0.2) is 18.2 Å². The van der Waals surface area contributed by atoms with Crippen molar-refractivity contribution in [1.82, 2.24) is 10.2 Å². The Kier molecular flexibility index (Phi) is 7.80. The molecule has 8 heteroatoms. The van der Waals surface area contributed by atoms with Gasteiger partial charge in [0.1, 0.15) is 5.82 Å². The molecule has 0 aliphatic carbocycles. The number of piperidine rings is 1. The Morgan fingerprint density at radius 2 is 2.15 bits per heavy atom. The zero-order valence-electron chi connectivity index (χ0n) is 15.1. The van der Waals surface area contributed by atoms with Gasteiger partial charge < -0.3 is 26.0 Å². The number of carbonyl (C=O) groups is 2. The number of hydrogen-bond acceptors (Lipinski definition) is 4. The molecule has 1 aliphatic heterocycles. The van der Waals surface area contributed by atoms with Crippen molar-refractivity contribution in [2.24, 2.45) is 5.92 Å². The predicted octanol–water partition coefficient (Wildman–Crippen LogP) is 2.00. The van der Waals surface area contributed by atoms with E-state index in [1.807, 2.05) is 0 Å². The van der Waals surface area contributed by atoms with E-state index in [9.17, 15) is 19.1 Å². The largest absolute Gasteiger partial charge is 0.396 e. The summed E-state index contributed by atoms with van der Waals surface area (Å²) in [7, 11) is 0. The minimum atomic E-state index is -0.573. The van der Waals surface area contributed by atoms with E-state index in [-0.39, 0.29) is 18.2 Å². The Labute approximate surface area is 152 Å². The van der Waals surface area contributed by atoms with E-state index in [1.165, 1.54) is 18.2 Å². The predicted molar refractivity (Wildman–Crippen MR) is 98.6 cm³/mol. The van der Waals surface area contributed by atoms with Gasteiger partial charge in [-0.2, -0.15) is 0 Å². The highest BCUT2D eigenvalue weighted by Crippen LogP contribution is 2.20. The lowest BCUT2D eigenvalue weighted by atomic mass is 9.99. The van der Waals surface area contributed by atoms with Gasteiger partial charge in [-0.25, -0.2) is 9.18 Å². The maximum absolute atomic E-state index is 13.9. The number of rotatable bonds is 7. The molecule has 0 saturated carbocycles. The molecule has 4 N–H and O–H groups in total. The zero-order chi connectivity index (χ0) is 18.9. The average Bonchev–Trinajstić information content (AvgIpc) is 2.64. The molecule has 144 valence electrons. The van der Waals surface area contributed by atoms with E-state index in [0.29, 0.717) is 31.1 Å². The van der Waals surface area contributed by atoms with Crippen LogP contribution in [0.4, 0.5) is 20.6 Å². The van der Waals surface area contributed by atoms with Gasteiger partial charge in [0.2, 0.25) is 5.91 Å². The molecule has 1 aromatic carbocycles. The number of anilines is 2. The summed E-state index contributed by atoms with van der Waals surface area (Å²) < 4.78 is 13.9. The SMILES string of the molecule is CCC(=O)Nc1ccc(F)c(NC(=O)NCCN2CCC[C@@H](CO)C2)c1. The Morgan fingerprint density at radius 3 is 2.88 bits per heavy atom. The van der Waals surface area contributed by atoms with Crippen LogP contribution in [0.25, 0.3) is 0 Å². The van der Waals surface area contributed by atoms with E-state index in [2.05, 4.69) is 20.9 Å². The molecule has 2 rings (SSSR count). The van der Waals surface area contributed by atoms with Gasteiger partial charge in [-0.1, -0.05) is 6.92 Å². The lowest BCUT2D eigenvalue weighted by Gasteiger charge is -2.31. The van der Waals surface area contributed by atoms with Crippen LogP contribution < -0.4 is 16.0 Å². The zero-order valence-corrected chi connectivity index (χ0v) is 15.1. The maximum Gasteiger partial charge on any atom is 0.319 e. The van der Waals surface area contributed by atoms with Gasteiger partial charge in [0.05, 0.1) is 5.69 Å². The molecule has 3 amide bonds. The van der Waals surface area contributed by atoms with Gasteiger partial charge in [-0.05, 0) is 43.5 Å². The van der Waals surface area contributed by atoms with Gasteiger partial charge in [0.15, 0.2) is 0 Å². The molecule has 1 aliphatic rings. The number of carbonyl (C=O) groups excluding carboxylic acids is 2. The molecular weight excluding hydrogens is 339 g/mol. The van der Waals surface area contributed by atoms with E-state index >= 15 is 0 Å². The van der Waals surface area contributed by atoms with Crippen molar-refractivity contribution in [2.75, 3.05) is 43.4 Å². The minimum Gasteiger partial charge on any atom is -0.396 e. The van der Waals surface area contributed by atoms with Crippen LogP contribution in [0.1, 0.15) is 26.2 Å². The van der Waals surface area contributed by atoms with Crippen molar-refractivity contribution in [2.45, 2.75) is 26.2 Å². The Balaban J connectivity index is 1.80. The number of hydrogen-bond donors (Lipinski definition) is 4. The number of amides is 3. The van der Waals surface area contributed by atoms with Gasteiger partial charge in [0.25, 0.3) is 0 Å². The van der Waals surface area contributed by atoms with Gasteiger partial charge in [-0.3, -0.25) is 4.79 Å². The summed E-state index contributed by atoms with van der Waals surface area (Å²) >= 11 is 0. The van der Waals surface area contributed by atoms with E-state index in [1.54, 1.807) is 6.92 Å². The quantitative estimate of drug-likeness (QED) is 0.594. The van der Waals surface area contributed by atoms with Crippen LogP contribution in [0.5, 0.6) is 0 Å². The number of halogens is 1. The molecule has 1 heterocycles. The van der Waals surface area contributed by atoms with Gasteiger partial charge in [-0.15, -0.1) is 0 Å². The summed E-state index contributed by atoms with van der Waals surface area (Å²) in [6, 6.07) is 3.53. The molecule has 1 atom stereocenters. The molecule has 1 aromatic rings. The Morgan fingerprint density at radius 1 is 1.35 bits per heavy atom. The first-order chi connectivity index (χ1) is 12.5. The number of nitrogens with one attached hydrogen (secondary N) is 3. The fourth-order valence-electron chi connectivity index (χ4n) is 2.95. The molecule has 0 radical (unpaired) electrons. The smallest absolute Gasteiger partial charge is 0.319 e. The lowest BCUT2D eigenvalue weighted by Crippen LogP contribution is -2.42. The standard InChI is InChI=1S/C18H27FN4O3/c1-2-17(25)21-14-5-6-15(19)16(10-14)22-18(26)20-7-9-23-8-3-4-13(11-23)12-24/h5-6,10,13,24H,2-4,7-9,11-12H2,1H3,(H,21,25)(H2,20,22,26)/t13-/m1/s1. The number of aliphatic hydroxyl groups is 1. The Bertz CT molecular complexity index is 626. The molecule has 7 nitrogen and oxygen atoms in total. The summed E-state index contributed by atoms with van der Waals surface area (Å²) in [5.41, 5.74) is 0.437. The van der Waals surface area contributed by atoms with E-state index in [0.717, 1.165) is 25.9 Å². The average molecular weight is 366 g/mol. The van der Waals surface area contributed by atoms with Crippen molar-refractivity contribution in [1.29, 1.82) is 0 Å². The lowest BCUT2D eigenvalue weighted by molar-refractivity contribution is -0.115. The number of urea groups is 1. The number of benzene rings is 1. The second kappa shape index (κ2) is 10.1. The van der Waals surface area contributed by atoms with Crippen LogP contribution in [-0.4, -0.2) is 54.7 Å². The number of aliphatic hydroxyl groups excluding tert-OH is 1. The highest BCUT2D eigenvalue weighted by atomic mass is 19.1. The second-order valence-electron chi connectivity index (χ2n) is 6.47. The normalized spacial score (nSPS) is 17.6. The van der Waals surface area contributed by atoms with Gasteiger partial charge in [0, 0.05) is 38.3 Å². The first kappa shape index (κ1) is 20.1. The first-order valence-corrected chi connectivity index (χ1v) is 8.99. The minimum absolute atomic E-state index is 0.00900. The molecule has 0 unspecified atom stereocenters. The highest BCUT2D eigenvalue weighted by Gasteiger charge is 2.18. The van der Waals surface area contributed by atoms with Crippen LogP contribution in [0.3, 0.4) is 0 Å². The monoisotopic (exact) mass is 366 g/mol. The first-order valence-electron chi connectivity index (χ1n) is 8.99. The fourth-order valence-corrected chi connectivity index (χ4v) is 2.95. The Hall–Kier alpha value is -2.19. The molecule has 1 saturated heterocycles. The van der Waals surface area contributed by atoms with Crippen LogP contribution >= 0.6 is 0 Å². The van der Waals surface area contributed by atoms with Crippen molar-refractivity contribution in [3.05, 3.63) is 24.0 Å². The third-order valence-electron chi connectivity index (χ3n) is 4.39. The summed E-state index contributed by atoms with van der Waals surface area (Å²) in [5, 5.41) is 17.0. The molecule has 26 heavy (non-hydrogen) atoms. The van der Waals surface area contributed by atoms with Crippen molar-refractivity contribution >= 4 is 23.3 Å². The summed E-state index contributed by atoms with van der Waals surface area (Å²) in [4.78, 5) is 25.6. The van der Waals surface area contributed by atoms with E-state index in [4.69, 9.17) is 0 Å². The molecule has 0 spiro atoms. The summed E-state index contributed by atoms with van der Waals surface area (Å²) in [5.74, 6) is -0.459. The summed E-state index contributed by atoms with van der Waals surface area (Å²) in [6.45, 7) is 4.79. The molecule has 0 bridgehead atoms. The van der Waals surface area contributed by atoms with Crippen LogP contribution in [0, 0.1) is 11.7 Å². The number of likely N-dealkylation sites (tertiary alicyclic amines) is 1. The molecular formula is C18H27FN4O3. The third-order valence-corrected chi connectivity index (χ3v) is 4.39. The topological polar surface area (TPSA) is 93.7 Å². The van der Waals surface area contributed by atoms with Gasteiger partial charge >= 0.3 is 6.03 Å². The van der Waals surface area contributed by atoms with Crippen LogP contribution in [0.2, 0.25) is 0 Å². The van der Waals surface area contributed by atoms with Crippen molar-refractivity contribution in [3.8, 4) is 0 Å².